The van der Waals surface area contributed by atoms with Gasteiger partial charge in [-0.2, -0.15) is 0 Å². The molecule has 0 radical (unpaired) electrons. The van der Waals surface area contributed by atoms with Gasteiger partial charge in [0.1, 0.15) is 11.6 Å². The van der Waals surface area contributed by atoms with E-state index in [1.807, 2.05) is 25.1 Å². The lowest BCUT2D eigenvalue weighted by Crippen LogP contribution is -2.23. The standard InChI is InChI=1S/C16H16Br2FNO/c1-3-20-16(12-8-10(17)4-6-14(12)18)13-9-11(19)5-7-15(13)21-2/h4-9,16,20H,3H2,1-2H3. The van der Waals surface area contributed by atoms with E-state index in [4.69, 9.17) is 4.74 Å². The first-order valence-corrected chi connectivity index (χ1v) is 8.17. The van der Waals surface area contributed by atoms with Gasteiger partial charge in [0.2, 0.25) is 0 Å². The van der Waals surface area contributed by atoms with E-state index in [9.17, 15) is 4.39 Å². The third-order valence-electron chi connectivity index (χ3n) is 3.18. The van der Waals surface area contributed by atoms with Crippen molar-refractivity contribution in [1.29, 1.82) is 0 Å². The lowest BCUT2D eigenvalue weighted by atomic mass is 9.97. The van der Waals surface area contributed by atoms with Crippen LogP contribution in [0.2, 0.25) is 0 Å². The van der Waals surface area contributed by atoms with Crippen LogP contribution < -0.4 is 10.1 Å². The maximum atomic E-state index is 13.7. The second kappa shape index (κ2) is 7.38. The molecule has 2 rings (SSSR count). The topological polar surface area (TPSA) is 21.3 Å². The minimum atomic E-state index is -0.278. The van der Waals surface area contributed by atoms with Crippen molar-refractivity contribution in [2.45, 2.75) is 13.0 Å². The summed E-state index contributed by atoms with van der Waals surface area (Å²) in [6.45, 7) is 2.77. The molecule has 2 nitrogen and oxygen atoms in total. The molecule has 0 bridgehead atoms. The molecule has 0 saturated heterocycles. The molecule has 0 aromatic heterocycles. The monoisotopic (exact) mass is 415 g/mol. The summed E-state index contributed by atoms with van der Waals surface area (Å²) < 4.78 is 21.0. The van der Waals surface area contributed by atoms with Crippen LogP contribution in [0.25, 0.3) is 0 Å². The summed E-state index contributed by atoms with van der Waals surface area (Å²) in [4.78, 5) is 0. The summed E-state index contributed by atoms with van der Waals surface area (Å²) >= 11 is 7.05. The SMILES string of the molecule is CCNC(c1cc(Br)ccc1Br)c1cc(F)ccc1OC. The molecule has 5 heteroatoms. The number of methoxy groups -OCH3 is 1. The van der Waals surface area contributed by atoms with E-state index in [0.29, 0.717) is 5.75 Å². The third kappa shape index (κ3) is 3.84. The Bertz CT molecular complexity index is 634. The van der Waals surface area contributed by atoms with Crippen molar-refractivity contribution in [3.05, 3.63) is 62.3 Å². The van der Waals surface area contributed by atoms with Crippen LogP contribution in [0.4, 0.5) is 4.39 Å². The normalized spacial score (nSPS) is 12.2. The fourth-order valence-electron chi connectivity index (χ4n) is 2.26. The molecule has 0 spiro atoms. The Morgan fingerprint density at radius 2 is 1.90 bits per heavy atom. The van der Waals surface area contributed by atoms with Crippen molar-refractivity contribution in [3.63, 3.8) is 0 Å². The second-order valence-electron chi connectivity index (χ2n) is 4.54. The number of halogens is 3. The molecule has 2 aromatic carbocycles. The van der Waals surface area contributed by atoms with E-state index in [-0.39, 0.29) is 11.9 Å². The van der Waals surface area contributed by atoms with Crippen molar-refractivity contribution in [1.82, 2.24) is 5.32 Å². The number of nitrogens with one attached hydrogen (secondary N) is 1. The Labute approximate surface area is 141 Å². The number of ether oxygens (including phenoxy) is 1. The zero-order valence-corrected chi connectivity index (χ0v) is 15.0. The quantitative estimate of drug-likeness (QED) is 0.735. The zero-order valence-electron chi connectivity index (χ0n) is 11.8. The average Bonchev–Trinajstić information content (AvgIpc) is 2.47. The van der Waals surface area contributed by atoms with Crippen LogP contribution in [0.1, 0.15) is 24.1 Å². The van der Waals surface area contributed by atoms with Crippen molar-refractivity contribution < 1.29 is 9.13 Å². The first-order valence-electron chi connectivity index (χ1n) is 6.58. The van der Waals surface area contributed by atoms with Gasteiger partial charge >= 0.3 is 0 Å². The Balaban J connectivity index is 2.58. The lowest BCUT2D eigenvalue weighted by Gasteiger charge is -2.22. The van der Waals surface area contributed by atoms with Crippen LogP contribution in [0.15, 0.2) is 45.3 Å². The molecular formula is C16H16Br2FNO. The van der Waals surface area contributed by atoms with Crippen molar-refractivity contribution >= 4 is 31.9 Å². The lowest BCUT2D eigenvalue weighted by molar-refractivity contribution is 0.402. The van der Waals surface area contributed by atoms with Gasteiger partial charge in [-0.25, -0.2) is 4.39 Å². The molecule has 2 aromatic rings. The summed E-state index contributed by atoms with van der Waals surface area (Å²) in [6.07, 6.45) is 0. The van der Waals surface area contributed by atoms with Crippen molar-refractivity contribution in [2.75, 3.05) is 13.7 Å². The maximum Gasteiger partial charge on any atom is 0.124 e. The van der Waals surface area contributed by atoms with Gasteiger partial charge in [-0.1, -0.05) is 38.8 Å². The van der Waals surface area contributed by atoms with Crippen LogP contribution in [0.5, 0.6) is 5.75 Å². The molecule has 21 heavy (non-hydrogen) atoms. The van der Waals surface area contributed by atoms with Crippen LogP contribution in [-0.4, -0.2) is 13.7 Å². The van der Waals surface area contributed by atoms with E-state index in [1.165, 1.54) is 12.1 Å². The van der Waals surface area contributed by atoms with Gasteiger partial charge in [0.05, 0.1) is 13.2 Å². The fraction of sp³-hybridized carbons (Fsp3) is 0.250. The highest BCUT2D eigenvalue weighted by Gasteiger charge is 2.20. The van der Waals surface area contributed by atoms with Crippen molar-refractivity contribution in [3.8, 4) is 5.75 Å². The average molecular weight is 417 g/mol. The zero-order chi connectivity index (χ0) is 15.4. The number of hydrogen-bond donors (Lipinski definition) is 1. The summed E-state index contributed by atoms with van der Waals surface area (Å²) in [5.74, 6) is 0.383. The molecule has 0 fully saturated rings. The minimum absolute atomic E-state index is 0.160. The Morgan fingerprint density at radius 1 is 1.14 bits per heavy atom. The van der Waals surface area contributed by atoms with Crippen LogP contribution in [0.3, 0.4) is 0 Å². The van der Waals surface area contributed by atoms with E-state index in [2.05, 4.69) is 37.2 Å². The highest BCUT2D eigenvalue weighted by molar-refractivity contribution is 9.11. The van der Waals surface area contributed by atoms with Crippen LogP contribution in [0, 0.1) is 5.82 Å². The molecule has 0 aliphatic heterocycles. The molecule has 1 N–H and O–H groups in total. The van der Waals surface area contributed by atoms with Gasteiger partial charge in [0.15, 0.2) is 0 Å². The summed E-state index contributed by atoms with van der Waals surface area (Å²) in [5.41, 5.74) is 1.80. The molecule has 0 aliphatic rings. The Hall–Kier alpha value is -0.910. The predicted molar refractivity (Wildman–Crippen MR) is 90.3 cm³/mol. The molecule has 0 aliphatic carbocycles. The molecule has 1 unspecified atom stereocenters. The minimum Gasteiger partial charge on any atom is -0.496 e. The molecule has 1 atom stereocenters. The van der Waals surface area contributed by atoms with Crippen LogP contribution >= 0.6 is 31.9 Å². The van der Waals surface area contributed by atoms with Gasteiger partial charge in [0, 0.05) is 14.5 Å². The highest BCUT2D eigenvalue weighted by atomic mass is 79.9. The van der Waals surface area contributed by atoms with Crippen molar-refractivity contribution in [2.24, 2.45) is 0 Å². The number of hydrogen-bond acceptors (Lipinski definition) is 2. The first-order chi connectivity index (χ1) is 10.1. The number of rotatable bonds is 5. The van der Waals surface area contributed by atoms with Gasteiger partial charge in [-0.15, -0.1) is 0 Å². The number of benzene rings is 2. The fourth-order valence-corrected chi connectivity index (χ4v) is 3.11. The first kappa shape index (κ1) is 16.5. The largest absolute Gasteiger partial charge is 0.496 e. The van der Waals surface area contributed by atoms with E-state index in [1.54, 1.807) is 13.2 Å². The van der Waals surface area contributed by atoms with Gasteiger partial charge in [0.25, 0.3) is 0 Å². The molecular weight excluding hydrogens is 401 g/mol. The summed E-state index contributed by atoms with van der Waals surface area (Å²) in [6, 6.07) is 10.4. The maximum absolute atomic E-state index is 13.7. The van der Waals surface area contributed by atoms with E-state index in [0.717, 1.165) is 26.6 Å². The Kier molecular flexibility index (Phi) is 5.79. The highest BCUT2D eigenvalue weighted by Crippen LogP contribution is 2.35. The summed E-state index contributed by atoms with van der Waals surface area (Å²) in [5, 5.41) is 3.39. The molecule has 0 amide bonds. The smallest absolute Gasteiger partial charge is 0.124 e. The molecule has 0 heterocycles. The molecule has 112 valence electrons. The second-order valence-corrected chi connectivity index (χ2v) is 6.31. The van der Waals surface area contributed by atoms with Gasteiger partial charge < -0.3 is 10.1 Å². The summed E-state index contributed by atoms with van der Waals surface area (Å²) in [7, 11) is 1.59. The van der Waals surface area contributed by atoms with Gasteiger partial charge in [-0.05, 0) is 48.5 Å². The Morgan fingerprint density at radius 3 is 2.57 bits per heavy atom. The van der Waals surface area contributed by atoms with Crippen LogP contribution in [-0.2, 0) is 0 Å². The molecule has 0 saturated carbocycles. The van der Waals surface area contributed by atoms with Gasteiger partial charge in [-0.3, -0.25) is 0 Å². The predicted octanol–water partition coefficient (Wildman–Crippen LogP) is 5.06. The van der Waals surface area contributed by atoms with E-state index >= 15 is 0 Å². The van der Waals surface area contributed by atoms with E-state index < -0.39 is 0 Å². The third-order valence-corrected chi connectivity index (χ3v) is 4.40.